The number of thioether (sulfide) groups is 1. The van der Waals surface area contributed by atoms with E-state index in [9.17, 15) is 0 Å². The standard InChI is InChI=1S/C21H21ClN8S2/c1-2-11-32-21-24-18(27-28-20(31)23-16-10-6-9-15(22)12-16)17-19(25-21)30(29-26-17)13-14-7-4-3-5-8-14/h3-10,12H,2,11,13H2,1H3,(H2,23,28,31)(H,24,25,27). The Labute approximate surface area is 200 Å². The Hall–Kier alpha value is -2.95. The lowest BCUT2D eigenvalue weighted by molar-refractivity contribution is 0.661. The highest BCUT2D eigenvalue weighted by Gasteiger charge is 2.15. The molecule has 2 heterocycles. The Balaban J connectivity index is 1.55. The first-order valence-corrected chi connectivity index (χ1v) is 11.8. The minimum atomic E-state index is 0.360. The van der Waals surface area contributed by atoms with E-state index in [1.807, 2.05) is 42.5 Å². The summed E-state index contributed by atoms with van der Waals surface area (Å²) in [6.45, 7) is 2.68. The van der Waals surface area contributed by atoms with Gasteiger partial charge in [0.15, 0.2) is 27.3 Å². The second kappa shape index (κ2) is 10.6. The van der Waals surface area contributed by atoms with Gasteiger partial charge in [-0.25, -0.2) is 14.6 Å². The van der Waals surface area contributed by atoms with E-state index in [0.29, 0.717) is 38.8 Å². The minimum Gasteiger partial charge on any atom is -0.331 e. The molecule has 11 heteroatoms. The number of aromatic nitrogens is 5. The number of hydrogen-bond acceptors (Lipinski definition) is 7. The molecule has 164 valence electrons. The van der Waals surface area contributed by atoms with Gasteiger partial charge in [0.05, 0.1) is 6.54 Å². The number of anilines is 2. The van der Waals surface area contributed by atoms with Gasteiger partial charge in [-0.3, -0.25) is 10.9 Å². The Morgan fingerprint density at radius 2 is 1.97 bits per heavy atom. The number of thiocarbonyl (C=S) groups is 1. The van der Waals surface area contributed by atoms with Crippen molar-refractivity contribution in [3.8, 4) is 0 Å². The molecule has 0 saturated heterocycles. The van der Waals surface area contributed by atoms with Crippen LogP contribution < -0.4 is 16.2 Å². The van der Waals surface area contributed by atoms with E-state index >= 15 is 0 Å². The second-order valence-electron chi connectivity index (χ2n) is 6.82. The maximum absolute atomic E-state index is 6.03. The summed E-state index contributed by atoms with van der Waals surface area (Å²) < 4.78 is 1.77. The smallest absolute Gasteiger partial charge is 0.191 e. The Bertz CT molecular complexity index is 1220. The van der Waals surface area contributed by atoms with Gasteiger partial charge in [-0.05, 0) is 42.4 Å². The average Bonchev–Trinajstić information content (AvgIpc) is 3.19. The monoisotopic (exact) mass is 484 g/mol. The van der Waals surface area contributed by atoms with Crippen molar-refractivity contribution in [3.63, 3.8) is 0 Å². The van der Waals surface area contributed by atoms with Gasteiger partial charge < -0.3 is 5.32 Å². The largest absolute Gasteiger partial charge is 0.331 e. The zero-order chi connectivity index (χ0) is 22.3. The van der Waals surface area contributed by atoms with Crippen LogP contribution >= 0.6 is 35.6 Å². The summed E-state index contributed by atoms with van der Waals surface area (Å²) in [7, 11) is 0. The molecule has 0 fully saturated rings. The van der Waals surface area contributed by atoms with Gasteiger partial charge in [-0.15, -0.1) is 5.10 Å². The molecule has 0 bridgehead atoms. The van der Waals surface area contributed by atoms with Crippen molar-refractivity contribution >= 4 is 63.4 Å². The van der Waals surface area contributed by atoms with Crippen LogP contribution in [0, 0.1) is 0 Å². The fourth-order valence-corrected chi connectivity index (χ4v) is 3.94. The number of hydrazine groups is 1. The zero-order valence-corrected chi connectivity index (χ0v) is 19.6. The quantitative estimate of drug-likeness (QED) is 0.142. The summed E-state index contributed by atoms with van der Waals surface area (Å²) in [4.78, 5) is 9.30. The Kier molecular flexibility index (Phi) is 7.35. The fourth-order valence-electron chi connectivity index (χ4n) is 2.89. The van der Waals surface area contributed by atoms with E-state index in [1.165, 1.54) is 0 Å². The summed E-state index contributed by atoms with van der Waals surface area (Å²) in [5.41, 5.74) is 9.10. The summed E-state index contributed by atoms with van der Waals surface area (Å²) in [6.07, 6.45) is 1.02. The third-order valence-electron chi connectivity index (χ3n) is 4.33. The van der Waals surface area contributed by atoms with Crippen molar-refractivity contribution in [1.82, 2.24) is 30.4 Å². The molecule has 0 amide bonds. The molecular formula is C21H21ClN8S2. The van der Waals surface area contributed by atoms with E-state index in [-0.39, 0.29) is 0 Å². The third-order valence-corrected chi connectivity index (χ3v) is 5.82. The van der Waals surface area contributed by atoms with Gasteiger partial charge in [0, 0.05) is 16.5 Å². The molecule has 0 spiro atoms. The molecule has 2 aromatic heterocycles. The van der Waals surface area contributed by atoms with Crippen molar-refractivity contribution in [2.75, 3.05) is 16.5 Å². The van der Waals surface area contributed by atoms with Crippen LogP contribution in [0.15, 0.2) is 59.8 Å². The molecule has 0 atom stereocenters. The molecule has 32 heavy (non-hydrogen) atoms. The summed E-state index contributed by atoms with van der Waals surface area (Å²) in [5, 5.41) is 13.3. The SMILES string of the molecule is CCCSc1nc(NNC(=S)Nc2cccc(Cl)c2)c2nnn(Cc3ccccc3)c2n1. The number of nitrogens with zero attached hydrogens (tertiary/aromatic N) is 5. The van der Waals surface area contributed by atoms with Gasteiger partial charge in [-0.2, -0.15) is 0 Å². The molecule has 2 aromatic carbocycles. The predicted octanol–water partition coefficient (Wildman–Crippen LogP) is 4.74. The third kappa shape index (κ3) is 5.64. The number of halogens is 1. The van der Waals surface area contributed by atoms with Crippen molar-refractivity contribution in [2.24, 2.45) is 0 Å². The van der Waals surface area contributed by atoms with Gasteiger partial charge in [0.1, 0.15) is 0 Å². The minimum absolute atomic E-state index is 0.360. The van der Waals surface area contributed by atoms with Crippen LogP contribution in [0.3, 0.4) is 0 Å². The van der Waals surface area contributed by atoms with Crippen LogP contribution in [-0.2, 0) is 6.54 Å². The second-order valence-corrected chi connectivity index (χ2v) is 8.73. The van der Waals surface area contributed by atoms with Gasteiger partial charge in [-0.1, -0.05) is 71.9 Å². The summed E-state index contributed by atoms with van der Waals surface area (Å²) in [5.74, 6) is 1.41. The first-order chi connectivity index (χ1) is 15.6. The van der Waals surface area contributed by atoms with Crippen LogP contribution in [0.4, 0.5) is 11.5 Å². The lowest BCUT2D eigenvalue weighted by Crippen LogP contribution is -2.33. The molecule has 0 aliphatic carbocycles. The highest BCUT2D eigenvalue weighted by molar-refractivity contribution is 7.99. The summed E-state index contributed by atoms with van der Waals surface area (Å²) >= 11 is 13.0. The van der Waals surface area contributed by atoms with E-state index in [4.69, 9.17) is 28.8 Å². The first kappa shape index (κ1) is 22.3. The highest BCUT2D eigenvalue weighted by Crippen LogP contribution is 2.23. The van der Waals surface area contributed by atoms with E-state index in [2.05, 4.69) is 38.4 Å². The van der Waals surface area contributed by atoms with Crippen LogP contribution in [0.2, 0.25) is 5.02 Å². The van der Waals surface area contributed by atoms with Crippen LogP contribution in [0.25, 0.3) is 11.2 Å². The van der Waals surface area contributed by atoms with E-state index in [0.717, 1.165) is 23.4 Å². The van der Waals surface area contributed by atoms with Gasteiger partial charge in [0.25, 0.3) is 0 Å². The molecule has 4 rings (SSSR count). The van der Waals surface area contributed by atoms with E-state index in [1.54, 1.807) is 28.6 Å². The summed E-state index contributed by atoms with van der Waals surface area (Å²) in [6, 6.07) is 17.4. The lowest BCUT2D eigenvalue weighted by Gasteiger charge is -2.13. The molecular weight excluding hydrogens is 464 g/mol. The zero-order valence-electron chi connectivity index (χ0n) is 17.2. The Morgan fingerprint density at radius 1 is 1.12 bits per heavy atom. The van der Waals surface area contributed by atoms with Gasteiger partial charge in [0.2, 0.25) is 0 Å². The molecule has 3 N–H and O–H groups in total. The van der Waals surface area contributed by atoms with Crippen molar-refractivity contribution in [2.45, 2.75) is 25.0 Å². The van der Waals surface area contributed by atoms with Gasteiger partial charge >= 0.3 is 0 Å². The molecule has 0 radical (unpaired) electrons. The number of benzene rings is 2. The topological polar surface area (TPSA) is 92.6 Å². The van der Waals surface area contributed by atoms with Crippen molar-refractivity contribution in [3.05, 3.63) is 65.2 Å². The molecule has 0 unspecified atom stereocenters. The number of hydrogen-bond donors (Lipinski definition) is 3. The fraction of sp³-hybridized carbons (Fsp3) is 0.190. The van der Waals surface area contributed by atoms with Crippen LogP contribution in [0.5, 0.6) is 0 Å². The predicted molar refractivity (Wildman–Crippen MR) is 134 cm³/mol. The molecule has 4 aromatic rings. The van der Waals surface area contributed by atoms with Crippen molar-refractivity contribution in [1.29, 1.82) is 0 Å². The number of fused-ring (bicyclic) bond motifs is 1. The first-order valence-electron chi connectivity index (χ1n) is 9.99. The number of nitrogens with one attached hydrogen (secondary N) is 3. The van der Waals surface area contributed by atoms with Crippen LogP contribution in [-0.4, -0.2) is 35.8 Å². The van der Waals surface area contributed by atoms with Crippen molar-refractivity contribution < 1.29 is 0 Å². The molecule has 0 saturated carbocycles. The molecule has 0 aliphatic rings. The maximum atomic E-state index is 6.03. The highest BCUT2D eigenvalue weighted by atomic mass is 35.5. The normalized spacial score (nSPS) is 10.8. The Morgan fingerprint density at radius 3 is 2.75 bits per heavy atom. The van der Waals surface area contributed by atoms with E-state index < -0.39 is 0 Å². The van der Waals surface area contributed by atoms with Crippen LogP contribution in [0.1, 0.15) is 18.9 Å². The number of rotatable bonds is 8. The molecule has 8 nitrogen and oxygen atoms in total. The maximum Gasteiger partial charge on any atom is 0.191 e. The average molecular weight is 485 g/mol. The molecule has 0 aliphatic heterocycles. The lowest BCUT2D eigenvalue weighted by atomic mass is 10.2.